The molecule has 0 aliphatic rings. The Bertz CT molecular complexity index is 644. The van der Waals surface area contributed by atoms with Crippen LogP contribution in [0.25, 0.3) is 6.08 Å². The van der Waals surface area contributed by atoms with Crippen molar-refractivity contribution in [3.63, 3.8) is 0 Å². The van der Waals surface area contributed by atoms with Crippen LogP contribution in [0.4, 0.5) is 13.2 Å². The molecule has 0 fully saturated rings. The lowest BCUT2D eigenvalue weighted by Crippen LogP contribution is -2.22. The molecule has 5 nitrogen and oxygen atoms in total. The number of benzene rings is 1. The fraction of sp³-hybridized carbons (Fsp3) is 0.333. The maximum absolute atomic E-state index is 13.1. The second kappa shape index (κ2) is 6.72. The molecule has 0 unspecified atom stereocenters. The van der Waals surface area contributed by atoms with Crippen LogP contribution >= 0.6 is 0 Å². The summed E-state index contributed by atoms with van der Waals surface area (Å²) < 4.78 is 44.3. The summed E-state index contributed by atoms with van der Waals surface area (Å²) in [5.74, 6) is -1.20. The Morgan fingerprint density at radius 2 is 1.91 bits per heavy atom. The van der Waals surface area contributed by atoms with Crippen LogP contribution in [0.3, 0.4) is 0 Å². The van der Waals surface area contributed by atoms with E-state index in [9.17, 15) is 18.0 Å². The highest BCUT2D eigenvalue weighted by Gasteiger charge is 2.33. The first-order valence-corrected chi connectivity index (χ1v) is 6.54. The van der Waals surface area contributed by atoms with E-state index in [0.717, 1.165) is 24.3 Å². The lowest BCUT2D eigenvalue weighted by molar-refractivity contribution is -0.148. The molecule has 0 spiro atoms. The summed E-state index contributed by atoms with van der Waals surface area (Å²) in [4.78, 5) is 11.6. The number of carbonyl (C=O) groups excluding carboxylic acids is 1. The van der Waals surface area contributed by atoms with Crippen molar-refractivity contribution in [3.8, 4) is 0 Å². The highest BCUT2D eigenvalue weighted by atomic mass is 19.4. The van der Waals surface area contributed by atoms with E-state index in [0.29, 0.717) is 0 Å². The first-order valence-electron chi connectivity index (χ1n) is 6.54. The molecule has 3 N–H and O–H groups in total. The van der Waals surface area contributed by atoms with Gasteiger partial charge in [0.1, 0.15) is 5.60 Å². The van der Waals surface area contributed by atoms with Crippen molar-refractivity contribution < 1.29 is 27.9 Å². The van der Waals surface area contributed by atoms with Crippen LogP contribution in [-0.4, -0.2) is 22.6 Å². The second-order valence-corrected chi connectivity index (χ2v) is 5.65. The predicted molar refractivity (Wildman–Crippen MR) is 78.8 cm³/mol. The molecule has 23 heavy (non-hydrogen) atoms. The van der Waals surface area contributed by atoms with Gasteiger partial charge in [0.2, 0.25) is 0 Å². The molecular formula is C15H17F3N2O3. The molecule has 0 aliphatic heterocycles. The number of rotatable bonds is 3. The van der Waals surface area contributed by atoms with Crippen molar-refractivity contribution in [2.75, 3.05) is 0 Å². The maximum atomic E-state index is 13.1. The predicted octanol–water partition coefficient (Wildman–Crippen LogP) is 3.15. The molecule has 0 heterocycles. The third kappa shape index (κ3) is 5.65. The summed E-state index contributed by atoms with van der Waals surface area (Å²) in [6.45, 7) is 4.93. The Hall–Kier alpha value is -2.51. The number of hydrogen-bond acceptors (Lipinski definition) is 4. The van der Waals surface area contributed by atoms with Crippen LogP contribution < -0.4 is 5.73 Å². The lowest BCUT2D eigenvalue weighted by Gasteiger charge is -2.18. The maximum Gasteiger partial charge on any atom is 0.417 e. The van der Waals surface area contributed by atoms with Crippen molar-refractivity contribution in [3.05, 3.63) is 41.0 Å². The normalized spacial score (nSPS) is 13.4. The molecule has 0 saturated heterocycles. The molecule has 126 valence electrons. The molecular weight excluding hydrogens is 313 g/mol. The zero-order valence-corrected chi connectivity index (χ0v) is 12.8. The molecule has 0 amide bonds. The van der Waals surface area contributed by atoms with Crippen LogP contribution in [0.1, 0.15) is 37.5 Å². The minimum Gasteiger partial charge on any atom is -0.457 e. The zero-order valence-electron chi connectivity index (χ0n) is 12.8. The minimum absolute atomic E-state index is 0.0887. The summed E-state index contributed by atoms with van der Waals surface area (Å²) in [6.07, 6.45) is -2.74. The van der Waals surface area contributed by atoms with Crippen LogP contribution in [0, 0.1) is 0 Å². The van der Waals surface area contributed by atoms with Gasteiger partial charge in [-0.1, -0.05) is 17.3 Å². The third-order valence-electron chi connectivity index (χ3n) is 2.57. The van der Waals surface area contributed by atoms with Gasteiger partial charge in [-0.2, -0.15) is 13.2 Å². The molecule has 1 rings (SSSR count). The van der Waals surface area contributed by atoms with Crippen molar-refractivity contribution in [1.82, 2.24) is 0 Å². The van der Waals surface area contributed by atoms with Gasteiger partial charge in [0.05, 0.1) is 5.56 Å². The summed E-state index contributed by atoms with van der Waals surface area (Å²) in [5, 5.41) is 11.2. The average Bonchev–Trinajstić information content (AvgIpc) is 2.41. The van der Waals surface area contributed by atoms with Gasteiger partial charge in [-0.15, -0.1) is 0 Å². The first-order chi connectivity index (χ1) is 10.4. The van der Waals surface area contributed by atoms with Crippen LogP contribution in [-0.2, 0) is 15.7 Å². The molecule has 0 bridgehead atoms. The van der Waals surface area contributed by atoms with Gasteiger partial charge in [-0.05, 0) is 38.5 Å². The monoisotopic (exact) mass is 330 g/mol. The molecule has 1 aromatic carbocycles. The van der Waals surface area contributed by atoms with Gasteiger partial charge in [-0.3, -0.25) is 0 Å². The molecule has 0 saturated carbocycles. The smallest absolute Gasteiger partial charge is 0.417 e. The van der Waals surface area contributed by atoms with E-state index in [1.165, 1.54) is 6.07 Å². The highest BCUT2D eigenvalue weighted by molar-refractivity contribution is 5.97. The van der Waals surface area contributed by atoms with Crippen LogP contribution in [0.15, 0.2) is 29.4 Å². The van der Waals surface area contributed by atoms with Crippen molar-refractivity contribution in [2.24, 2.45) is 10.9 Å². The number of ether oxygens (including phenoxy) is 1. The summed E-state index contributed by atoms with van der Waals surface area (Å²) in [6, 6.07) is 3.11. The molecule has 0 aliphatic carbocycles. The van der Waals surface area contributed by atoms with E-state index < -0.39 is 29.1 Å². The third-order valence-corrected chi connectivity index (χ3v) is 2.57. The van der Waals surface area contributed by atoms with E-state index in [1.54, 1.807) is 20.8 Å². The van der Waals surface area contributed by atoms with Crippen LogP contribution in [0.5, 0.6) is 0 Å². The van der Waals surface area contributed by atoms with Gasteiger partial charge in [0.25, 0.3) is 0 Å². The lowest BCUT2D eigenvalue weighted by atomic mass is 10.0. The Morgan fingerprint density at radius 3 is 2.39 bits per heavy atom. The van der Waals surface area contributed by atoms with Gasteiger partial charge in [0, 0.05) is 11.6 Å². The van der Waals surface area contributed by atoms with Gasteiger partial charge in [-0.25, -0.2) is 4.79 Å². The summed E-state index contributed by atoms with van der Waals surface area (Å²) in [5.41, 5.74) is 3.20. The van der Waals surface area contributed by atoms with E-state index in [2.05, 4.69) is 5.16 Å². The Labute approximate surface area is 131 Å². The second-order valence-electron chi connectivity index (χ2n) is 5.65. The van der Waals surface area contributed by atoms with E-state index in [1.807, 2.05) is 0 Å². The van der Waals surface area contributed by atoms with Gasteiger partial charge < -0.3 is 15.7 Å². The number of nitrogens with zero attached hydrogens (tertiary/aromatic N) is 1. The SMILES string of the molecule is CC(C)(C)OC(=O)C=Cc1ccc(/C(N)=N\O)cc1C(F)(F)F. The average molecular weight is 330 g/mol. The minimum atomic E-state index is -4.67. The number of carbonyl (C=O) groups is 1. The Balaban J connectivity index is 3.19. The Kier molecular flexibility index (Phi) is 5.42. The van der Waals surface area contributed by atoms with Crippen molar-refractivity contribution >= 4 is 17.9 Å². The van der Waals surface area contributed by atoms with Crippen molar-refractivity contribution in [1.29, 1.82) is 0 Å². The number of halogens is 3. The number of amidine groups is 1. The highest BCUT2D eigenvalue weighted by Crippen LogP contribution is 2.33. The number of esters is 1. The van der Waals surface area contributed by atoms with E-state index in [-0.39, 0.29) is 11.1 Å². The molecule has 0 radical (unpaired) electrons. The van der Waals surface area contributed by atoms with E-state index >= 15 is 0 Å². The number of oxime groups is 1. The molecule has 0 atom stereocenters. The molecule has 1 aromatic rings. The fourth-order valence-electron chi connectivity index (χ4n) is 1.66. The number of hydrogen-bond donors (Lipinski definition) is 2. The number of alkyl halides is 3. The quantitative estimate of drug-likeness (QED) is 0.223. The number of nitrogens with two attached hydrogens (primary N) is 1. The molecule has 0 aromatic heterocycles. The zero-order chi connectivity index (χ0) is 17.8. The van der Waals surface area contributed by atoms with Gasteiger partial charge >= 0.3 is 12.1 Å². The summed E-state index contributed by atoms with van der Waals surface area (Å²) in [7, 11) is 0. The van der Waals surface area contributed by atoms with E-state index in [4.69, 9.17) is 15.7 Å². The molecule has 8 heteroatoms. The first kappa shape index (κ1) is 18.5. The summed E-state index contributed by atoms with van der Waals surface area (Å²) >= 11 is 0. The largest absolute Gasteiger partial charge is 0.457 e. The van der Waals surface area contributed by atoms with Gasteiger partial charge in [0.15, 0.2) is 5.84 Å². The van der Waals surface area contributed by atoms with Crippen LogP contribution in [0.2, 0.25) is 0 Å². The fourth-order valence-corrected chi connectivity index (χ4v) is 1.66. The topological polar surface area (TPSA) is 84.9 Å². The van der Waals surface area contributed by atoms with Crippen molar-refractivity contribution in [2.45, 2.75) is 32.5 Å². The standard InChI is InChI=1S/C15H17F3N2O3/c1-14(2,3)23-12(21)7-6-9-4-5-10(13(19)20-22)8-11(9)15(16,17)18/h4-8,22H,1-3H3,(H2,19,20). The Morgan fingerprint density at radius 1 is 1.30 bits per heavy atom.